The van der Waals surface area contributed by atoms with Crippen LogP contribution >= 0.6 is 0 Å². The van der Waals surface area contributed by atoms with E-state index in [0.29, 0.717) is 22.8 Å². The maximum atomic E-state index is 12.8. The zero-order valence-corrected chi connectivity index (χ0v) is 6.54. The van der Waals surface area contributed by atoms with Gasteiger partial charge in [0, 0.05) is 23.2 Å². The Kier molecular flexibility index (Phi) is 1.55. The van der Waals surface area contributed by atoms with Crippen molar-refractivity contribution < 1.29 is 14.3 Å². The van der Waals surface area contributed by atoms with Gasteiger partial charge < -0.3 is 10.1 Å². The molecule has 0 aliphatic heterocycles. The smallest absolute Gasteiger partial charge is 0.152 e. The summed E-state index contributed by atoms with van der Waals surface area (Å²) in [6.07, 6.45) is 2.04. The van der Waals surface area contributed by atoms with Crippen LogP contribution in [0.4, 0.5) is 4.39 Å². The maximum absolute atomic E-state index is 12.8. The van der Waals surface area contributed by atoms with E-state index in [0.717, 1.165) is 6.07 Å². The number of phenolic OH excluding ortho intramolecular Hbond substituents is 1. The third kappa shape index (κ3) is 1.07. The Labute approximate surface area is 72.8 Å². The first-order chi connectivity index (χ1) is 6.22. The van der Waals surface area contributed by atoms with Gasteiger partial charge in [-0.2, -0.15) is 0 Å². The number of aromatic hydroxyl groups is 1. The topological polar surface area (TPSA) is 53.1 Å². The molecule has 0 amide bonds. The van der Waals surface area contributed by atoms with Crippen LogP contribution in [0.3, 0.4) is 0 Å². The summed E-state index contributed by atoms with van der Waals surface area (Å²) in [5.41, 5.74) is 0.716. The number of hydrogen-bond donors (Lipinski definition) is 2. The summed E-state index contributed by atoms with van der Waals surface area (Å²) in [5, 5.41) is 9.67. The Morgan fingerprint density at radius 1 is 1.46 bits per heavy atom. The third-order valence-electron chi connectivity index (χ3n) is 1.89. The van der Waals surface area contributed by atoms with Gasteiger partial charge in [0.05, 0.1) is 5.52 Å². The molecule has 0 aliphatic rings. The van der Waals surface area contributed by atoms with Crippen LogP contribution in [0.1, 0.15) is 10.4 Å². The number of aromatic nitrogens is 1. The summed E-state index contributed by atoms with van der Waals surface area (Å²) in [5.74, 6) is -0.754. The molecule has 0 unspecified atom stereocenters. The molecule has 0 bridgehead atoms. The number of benzene rings is 1. The number of aromatic amines is 1. The lowest BCUT2D eigenvalue weighted by molar-refractivity contribution is 0.112. The largest absolute Gasteiger partial charge is 0.506 e. The Bertz CT molecular complexity index is 476. The molecule has 1 aromatic carbocycles. The number of phenols is 1. The third-order valence-corrected chi connectivity index (χ3v) is 1.89. The molecule has 2 N–H and O–H groups in total. The second-order valence-electron chi connectivity index (χ2n) is 2.71. The first kappa shape index (κ1) is 7.79. The number of rotatable bonds is 1. The second-order valence-corrected chi connectivity index (χ2v) is 2.71. The lowest BCUT2D eigenvalue weighted by Gasteiger charge is -1.95. The fourth-order valence-corrected chi connectivity index (χ4v) is 1.30. The summed E-state index contributed by atoms with van der Waals surface area (Å²) < 4.78 is 12.8. The van der Waals surface area contributed by atoms with Gasteiger partial charge in [-0.3, -0.25) is 4.79 Å². The summed E-state index contributed by atoms with van der Waals surface area (Å²) >= 11 is 0. The molecule has 0 saturated heterocycles. The van der Waals surface area contributed by atoms with E-state index in [9.17, 15) is 14.3 Å². The second kappa shape index (κ2) is 2.58. The van der Waals surface area contributed by atoms with Crippen LogP contribution in [0.15, 0.2) is 18.3 Å². The van der Waals surface area contributed by atoms with Gasteiger partial charge in [0.15, 0.2) is 6.29 Å². The standard InChI is InChI=1S/C9H6FNO2/c10-6-1-7-5(4-12)3-11-9(7)8(13)2-6/h1-4,11,13H. The van der Waals surface area contributed by atoms with E-state index in [1.165, 1.54) is 12.3 Å². The van der Waals surface area contributed by atoms with Gasteiger partial charge in [0.1, 0.15) is 11.6 Å². The highest BCUT2D eigenvalue weighted by molar-refractivity contribution is 5.99. The average Bonchev–Trinajstić information content (AvgIpc) is 2.47. The van der Waals surface area contributed by atoms with Crippen molar-refractivity contribution in [2.24, 2.45) is 0 Å². The van der Waals surface area contributed by atoms with E-state index in [1.54, 1.807) is 0 Å². The van der Waals surface area contributed by atoms with E-state index in [2.05, 4.69) is 4.98 Å². The molecule has 66 valence electrons. The van der Waals surface area contributed by atoms with E-state index >= 15 is 0 Å². The molecule has 2 aromatic rings. The summed E-state index contributed by atoms with van der Waals surface area (Å²) in [4.78, 5) is 13.2. The van der Waals surface area contributed by atoms with Crippen molar-refractivity contribution in [3.05, 3.63) is 29.7 Å². The summed E-state index contributed by atoms with van der Waals surface area (Å²) in [7, 11) is 0. The number of carbonyl (C=O) groups excluding carboxylic acids is 1. The van der Waals surface area contributed by atoms with Gasteiger partial charge in [0.2, 0.25) is 0 Å². The molecule has 1 heterocycles. The number of halogens is 1. The molecule has 13 heavy (non-hydrogen) atoms. The quantitative estimate of drug-likeness (QED) is 0.656. The lowest BCUT2D eigenvalue weighted by atomic mass is 10.2. The van der Waals surface area contributed by atoms with Crippen molar-refractivity contribution in [2.45, 2.75) is 0 Å². The van der Waals surface area contributed by atoms with Gasteiger partial charge in [-0.25, -0.2) is 4.39 Å². The minimum atomic E-state index is -0.562. The molecule has 0 fully saturated rings. The lowest BCUT2D eigenvalue weighted by Crippen LogP contribution is -1.78. The van der Waals surface area contributed by atoms with Crippen molar-refractivity contribution in [3.63, 3.8) is 0 Å². The minimum absolute atomic E-state index is 0.192. The first-order valence-corrected chi connectivity index (χ1v) is 3.67. The zero-order valence-electron chi connectivity index (χ0n) is 6.54. The predicted molar refractivity (Wildman–Crippen MR) is 45.3 cm³/mol. The van der Waals surface area contributed by atoms with Crippen molar-refractivity contribution in [2.75, 3.05) is 0 Å². The maximum Gasteiger partial charge on any atom is 0.152 e. The molecule has 3 nitrogen and oxygen atoms in total. The molecular formula is C9H6FNO2. The molecule has 0 radical (unpaired) electrons. The number of hydrogen-bond acceptors (Lipinski definition) is 2. The van der Waals surface area contributed by atoms with E-state index in [1.807, 2.05) is 0 Å². The van der Waals surface area contributed by atoms with Gasteiger partial charge in [-0.1, -0.05) is 0 Å². The van der Waals surface area contributed by atoms with E-state index in [-0.39, 0.29) is 5.75 Å². The molecule has 0 saturated carbocycles. The first-order valence-electron chi connectivity index (χ1n) is 3.67. The van der Waals surface area contributed by atoms with Crippen LogP contribution in [0.2, 0.25) is 0 Å². The minimum Gasteiger partial charge on any atom is -0.506 e. The van der Waals surface area contributed by atoms with Gasteiger partial charge >= 0.3 is 0 Å². The molecule has 0 atom stereocenters. The summed E-state index contributed by atoms with van der Waals surface area (Å²) in [6.45, 7) is 0. The predicted octanol–water partition coefficient (Wildman–Crippen LogP) is 1.83. The number of fused-ring (bicyclic) bond motifs is 1. The highest BCUT2D eigenvalue weighted by atomic mass is 19.1. The summed E-state index contributed by atoms with van der Waals surface area (Å²) in [6, 6.07) is 2.20. The highest BCUT2D eigenvalue weighted by Gasteiger charge is 2.08. The molecule has 2 rings (SSSR count). The van der Waals surface area contributed by atoms with Crippen molar-refractivity contribution >= 4 is 17.2 Å². The van der Waals surface area contributed by atoms with Crippen LogP contribution in [0, 0.1) is 5.82 Å². The van der Waals surface area contributed by atoms with Crippen LogP contribution < -0.4 is 0 Å². The van der Waals surface area contributed by atoms with Crippen LogP contribution in [-0.2, 0) is 0 Å². The Hall–Kier alpha value is -1.84. The van der Waals surface area contributed by atoms with E-state index < -0.39 is 5.82 Å². The van der Waals surface area contributed by atoms with Crippen LogP contribution in [-0.4, -0.2) is 16.4 Å². The molecule has 4 heteroatoms. The van der Waals surface area contributed by atoms with Crippen molar-refractivity contribution in [1.29, 1.82) is 0 Å². The number of aldehydes is 1. The van der Waals surface area contributed by atoms with Crippen molar-refractivity contribution in [1.82, 2.24) is 4.98 Å². The number of nitrogens with one attached hydrogen (secondary N) is 1. The molecule has 1 aromatic heterocycles. The average molecular weight is 179 g/mol. The monoisotopic (exact) mass is 179 g/mol. The molecular weight excluding hydrogens is 173 g/mol. The SMILES string of the molecule is O=Cc1c[nH]c2c(O)cc(F)cc12. The Morgan fingerprint density at radius 3 is 2.92 bits per heavy atom. The van der Waals surface area contributed by atoms with Gasteiger partial charge in [0.25, 0.3) is 0 Å². The van der Waals surface area contributed by atoms with E-state index in [4.69, 9.17) is 0 Å². The van der Waals surface area contributed by atoms with Gasteiger partial charge in [-0.05, 0) is 6.07 Å². The molecule has 0 spiro atoms. The molecule has 0 aliphatic carbocycles. The Balaban J connectivity index is 2.89. The Morgan fingerprint density at radius 2 is 2.23 bits per heavy atom. The normalized spacial score (nSPS) is 10.5. The van der Waals surface area contributed by atoms with Gasteiger partial charge in [-0.15, -0.1) is 0 Å². The van der Waals surface area contributed by atoms with Crippen LogP contribution in [0.5, 0.6) is 5.75 Å². The number of carbonyl (C=O) groups is 1. The zero-order chi connectivity index (χ0) is 9.42. The van der Waals surface area contributed by atoms with Crippen molar-refractivity contribution in [3.8, 4) is 5.75 Å². The fraction of sp³-hybridized carbons (Fsp3) is 0. The van der Waals surface area contributed by atoms with Crippen LogP contribution in [0.25, 0.3) is 10.9 Å². The fourth-order valence-electron chi connectivity index (χ4n) is 1.30. The highest BCUT2D eigenvalue weighted by Crippen LogP contribution is 2.26. The number of H-pyrrole nitrogens is 1.